The monoisotopic (exact) mass is 385 g/mol. The van der Waals surface area contributed by atoms with Crippen LogP contribution in [0.3, 0.4) is 0 Å². The lowest BCUT2D eigenvalue weighted by atomic mass is 9.98. The summed E-state index contributed by atoms with van der Waals surface area (Å²) in [5.74, 6) is 1.85. The molecule has 0 saturated heterocycles. The van der Waals surface area contributed by atoms with Crippen LogP contribution in [0.1, 0.15) is 21.5 Å². The van der Waals surface area contributed by atoms with Gasteiger partial charge in [0.15, 0.2) is 11.5 Å². The largest absolute Gasteiger partial charge is 0.493 e. The van der Waals surface area contributed by atoms with Crippen molar-refractivity contribution in [3.8, 4) is 11.5 Å². The Morgan fingerprint density at radius 2 is 1.79 bits per heavy atom. The van der Waals surface area contributed by atoms with E-state index in [4.69, 9.17) is 9.47 Å². The van der Waals surface area contributed by atoms with E-state index in [1.165, 1.54) is 5.56 Å². The van der Waals surface area contributed by atoms with Crippen LogP contribution >= 0.6 is 0 Å². The van der Waals surface area contributed by atoms with E-state index in [0.29, 0.717) is 36.1 Å². The summed E-state index contributed by atoms with van der Waals surface area (Å²) >= 11 is 0. The van der Waals surface area contributed by atoms with E-state index in [-0.39, 0.29) is 5.91 Å². The van der Waals surface area contributed by atoms with E-state index in [2.05, 4.69) is 20.2 Å². The van der Waals surface area contributed by atoms with Gasteiger partial charge in [-0.3, -0.25) is 4.79 Å². The first-order valence-corrected chi connectivity index (χ1v) is 9.25. The summed E-state index contributed by atoms with van der Waals surface area (Å²) in [6, 6.07) is 3.94. The molecule has 1 aliphatic heterocycles. The molecule has 2 heterocycles. The van der Waals surface area contributed by atoms with Crippen LogP contribution in [0.2, 0.25) is 0 Å². The third-order valence-electron chi connectivity index (χ3n) is 4.75. The number of nitrogens with one attached hydrogen (secondary N) is 1. The molecule has 0 spiro atoms. The van der Waals surface area contributed by atoms with Crippen LogP contribution in [0.4, 0.5) is 5.95 Å². The second kappa shape index (κ2) is 8.88. The second-order valence-electron chi connectivity index (χ2n) is 6.98. The van der Waals surface area contributed by atoms with Crippen LogP contribution < -0.4 is 14.8 Å². The molecule has 0 aliphatic carbocycles. The molecule has 0 unspecified atom stereocenters. The standard InChI is InChI=1S/C20H27N5O3/c1-24(2)8-6-21-20-22-11-16(12-23-20)19(26)25-7-5-14-9-17(27-3)18(28-4)10-15(14)13-25/h9-12H,5-8,13H2,1-4H3,(H,21,22,23). The molecule has 3 rings (SSSR count). The van der Waals surface area contributed by atoms with Crippen LogP contribution in [-0.2, 0) is 13.0 Å². The molecule has 0 bridgehead atoms. The number of likely N-dealkylation sites (N-methyl/N-ethyl adjacent to an activating group) is 1. The molecule has 2 aromatic rings. The minimum Gasteiger partial charge on any atom is -0.493 e. The number of hydrogen-bond donors (Lipinski definition) is 1. The van der Waals surface area contributed by atoms with Crippen molar-refractivity contribution < 1.29 is 14.3 Å². The van der Waals surface area contributed by atoms with Crippen LogP contribution in [0.15, 0.2) is 24.5 Å². The normalized spacial score (nSPS) is 13.2. The Kier molecular flexibility index (Phi) is 6.30. The summed E-state index contributed by atoms with van der Waals surface area (Å²) in [6.07, 6.45) is 3.93. The highest BCUT2D eigenvalue weighted by atomic mass is 16.5. The molecule has 1 aromatic heterocycles. The minimum absolute atomic E-state index is 0.0692. The number of aromatic nitrogens is 2. The number of hydrogen-bond acceptors (Lipinski definition) is 7. The molecule has 0 saturated carbocycles. The number of amides is 1. The van der Waals surface area contributed by atoms with Crippen molar-refractivity contribution in [1.29, 1.82) is 0 Å². The van der Waals surface area contributed by atoms with Crippen molar-refractivity contribution in [3.63, 3.8) is 0 Å². The summed E-state index contributed by atoms with van der Waals surface area (Å²) < 4.78 is 10.8. The van der Waals surface area contributed by atoms with Gasteiger partial charge in [0.2, 0.25) is 5.95 Å². The van der Waals surface area contributed by atoms with Crippen LogP contribution in [-0.4, -0.2) is 73.6 Å². The van der Waals surface area contributed by atoms with Gasteiger partial charge in [-0.15, -0.1) is 0 Å². The number of carbonyl (C=O) groups excluding carboxylic acids is 1. The lowest BCUT2D eigenvalue weighted by Crippen LogP contribution is -2.36. The Labute approximate surface area is 165 Å². The van der Waals surface area contributed by atoms with Crippen molar-refractivity contribution in [3.05, 3.63) is 41.2 Å². The SMILES string of the molecule is COc1cc2c(cc1OC)CN(C(=O)c1cnc(NCCN(C)C)nc1)CC2. The molecule has 0 fully saturated rings. The minimum atomic E-state index is -0.0692. The maximum absolute atomic E-state index is 12.9. The fourth-order valence-electron chi connectivity index (χ4n) is 3.16. The highest BCUT2D eigenvalue weighted by molar-refractivity contribution is 5.93. The fraction of sp³-hybridized carbons (Fsp3) is 0.450. The second-order valence-corrected chi connectivity index (χ2v) is 6.98. The van der Waals surface area contributed by atoms with Crippen molar-refractivity contribution in [2.24, 2.45) is 0 Å². The smallest absolute Gasteiger partial charge is 0.257 e. The van der Waals surface area contributed by atoms with Crippen molar-refractivity contribution in [1.82, 2.24) is 19.8 Å². The lowest BCUT2D eigenvalue weighted by molar-refractivity contribution is 0.0733. The number of carbonyl (C=O) groups is 1. The Balaban J connectivity index is 1.67. The third-order valence-corrected chi connectivity index (χ3v) is 4.75. The topological polar surface area (TPSA) is 79.8 Å². The molecule has 0 radical (unpaired) electrons. The predicted octanol–water partition coefficient (Wildman–Crippen LogP) is 1.67. The zero-order valence-electron chi connectivity index (χ0n) is 16.9. The van der Waals surface area contributed by atoms with Gasteiger partial charge >= 0.3 is 0 Å². The molecule has 150 valence electrons. The summed E-state index contributed by atoms with van der Waals surface area (Å²) in [5, 5.41) is 3.14. The molecule has 1 aliphatic rings. The van der Waals surface area contributed by atoms with Crippen LogP contribution in [0.5, 0.6) is 11.5 Å². The van der Waals surface area contributed by atoms with Crippen molar-refractivity contribution in [2.45, 2.75) is 13.0 Å². The number of methoxy groups -OCH3 is 2. The van der Waals surface area contributed by atoms with Gasteiger partial charge in [-0.05, 0) is 43.8 Å². The average molecular weight is 385 g/mol. The van der Waals surface area contributed by atoms with Crippen LogP contribution in [0, 0.1) is 0 Å². The fourth-order valence-corrected chi connectivity index (χ4v) is 3.16. The van der Waals surface area contributed by atoms with Crippen molar-refractivity contribution >= 4 is 11.9 Å². The Bertz CT molecular complexity index is 823. The Morgan fingerprint density at radius 1 is 1.14 bits per heavy atom. The summed E-state index contributed by atoms with van der Waals surface area (Å²) in [4.78, 5) is 25.3. The Hall–Kier alpha value is -2.87. The molecular weight excluding hydrogens is 358 g/mol. The van der Waals surface area contributed by atoms with E-state index >= 15 is 0 Å². The van der Waals surface area contributed by atoms with E-state index < -0.39 is 0 Å². The average Bonchev–Trinajstić information content (AvgIpc) is 2.72. The molecule has 1 aromatic carbocycles. The van der Waals surface area contributed by atoms with Gasteiger partial charge in [-0.25, -0.2) is 9.97 Å². The van der Waals surface area contributed by atoms with Gasteiger partial charge < -0.3 is 24.6 Å². The summed E-state index contributed by atoms with van der Waals surface area (Å²) in [6.45, 7) is 2.79. The molecule has 0 atom stereocenters. The summed E-state index contributed by atoms with van der Waals surface area (Å²) in [7, 11) is 7.25. The zero-order valence-corrected chi connectivity index (χ0v) is 16.9. The summed E-state index contributed by atoms with van der Waals surface area (Å²) in [5.41, 5.74) is 2.74. The lowest BCUT2D eigenvalue weighted by Gasteiger charge is -2.29. The molecule has 1 N–H and O–H groups in total. The van der Waals surface area contributed by atoms with Gasteiger partial charge in [0.05, 0.1) is 19.8 Å². The third kappa shape index (κ3) is 4.51. The van der Waals surface area contributed by atoms with E-state index in [0.717, 1.165) is 25.1 Å². The first-order chi connectivity index (χ1) is 13.5. The number of ether oxygens (including phenoxy) is 2. The number of rotatable bonds is 7. The van der Waals surface area contributed by atoms with E-state index in [9.17, 15) is 4.79 Å². The Morgan fingerprint density at radius 3 is 2.39 bits per heavy atom. The number of benzene rings is 1. The molecule has 28 heavy (non-hydrogen) atoms. The molecular formula is C20H27N5O3. The van der Waals surface area contributed by atoms with E-state index in [1.54, 1.807) is 26.6 Å². The predicted molar refractivity (Wildman–Crippen MR) is 107 cm³/mol. The quantitative estimate of drug-likeness (QED) is 0.776. The maximum atomic E-state index is 12.9. The maximum Gasteiger partial charge on any atom is 0.257 e. The number of nitrogens with zero attached hydrogens (tertiary/aromatic N) is 4. The van der Waals surface area contributed by atoms with Gasteiger partial charge in [-0.2, -0.15) is 0 Å². The van der Waals surface area contributed by atoms with Crippen LogP contribution in [0.25, 0.3) is 0 Å². The van der Waals surface area contributed by atoms with Gasteiger partial charge in [0.1, 0.15) is 0 Å². The van der Waals surface area contributed by atoms with Crippen molar-refractivity contribution in [2.75, 3.05) is 53.3 Å². The van der Waals surface area contributed by atoms with Gasteiger partial charge in [0, 0.05) is 38.6 Å². The number of fused-ring (bicyclic) bond motifs is 1. The van der Waals surface area contributed by atoms with Gasteiger partial charge in [0.25, 0.3) is 5.91 Å². The van der Waals surface area contributed by atoms with E-state index in [1.807, 2.05) is 31.1 Å². The molecule has 8 nitrogen and oxygen atoms in total. The molecule has 1 amide bonds. The number of anilines is 1. The highest BCUT2D eigenvalue weighted by Crippen LogP contribution is 2.33. The zero-order chi connectivity index (χ0) is 20.1. The molecule has 8 heteroatoms. The first kappa shape index (κ1) is 19.9. The highest BCUT2D eigenvalue weighted by Gasteiger charge is 2.24. The van der Waals surface area contributed by atoms with Gasteiger partial charge in [-0.1, -0.05) is 0 Å². The first-order valence-electron chi connectivity index (χ1n) is 9.25.